The fourth-order valence-corrected chi connectivity index (χ4v) is 3.25. The van der Waals surface area contributed by atoms with E-state index in [9.17, 15) is 9.59 Å². The average Bonchev–Trinajstić information content (AvgIpc) is 2.64. The monoisotopic (exact) mass is 409 g/mol. The van der Waals surface area contributed by atoms with Gasteiger partial charge in [0.15, 0.2) is 0 Å². The number of carbonyl (C=O) groups is 2. The molecule has 1 fully saturated rings. The highest BCUT2D eigenvalue weighted by Crippen LogP contribution is 2.13. The molecule has 0 radical (unpaired) electrons. The Morgan fingerprint density at radius 2 is 1.79 bits per heavy atom. The molecule has 0 bridgehead atoms. The van der Waals surface area contributed by atoms with Crippen LogP contribution in [0.3, 0.4) is 0 Å². The van der Waals surface area contributed by atoms with Crippen LogP contribution in [0.1, 0.15) is 52.0 Å². The van der Waals surface area contributed by atoms with Crippen LogP contribution in [-0.4, -0.2) is 48.2 Å². The number of alkyl carbamates (subject to hydrolysis) is 1. The van der Waals surface area contributed by atoms with E-state index in [-0.39, 0.29) is 5.91 Å². The predicted molar refractivity (Wildman–Crippen MR) is 111 cm³/mol. The first-order valence-corrected chi connectivity index (χ1v) is 10.4. The van der Waals surface area contributed by atoms with E-state index in [1.54, 1.807) is 0 Å². The van der Waals surface area contributed by atoms with E-state index >= 15 is 0 Å². The number of rotatable bonds is 7. The van der Waals surface area contributed by atoms with Gasteiger partial charge in [0.2, 0.25) is 5.91 Å². The third kappa shape index (κ3) is 8.07. The predicted octanol–water partition coefficient (Wildman–Crippen LogP) is 3.73. The van der Waals surface area contributed by atoms with E-state index in [1.165, 1.54) is 0 Å². The van der Waals surface area contributed by atoms with Crippen molar-refractivity contribution in [2.45, 2.75) is 64.6 Å². The Morgan fingerprint density at radius 3 is 2.39 bits per heavy atom. The summed E-state index contributed by atoms with van der Waals surface area (Å²) < 4.78 is 5.34. The standard InChI is InChI=1S/C21H32ClN3O3/c1-21(2,3)28-20(27)24-18(19(26)25-13-5-4-6-14-25)11-12-23-15-16-7-9-17(22)10-8-16/h7-10,18,23H,4-6,11-15H2,1-3H3,(H,24,27)/t18-/m0/s1. The molecule has 0 spiro atoms. The zero-order valence-electron chi connectivity index (χ0n) is 17.1. The van der Waals surface area contributed by atoms with E-state index in [0.717, 1.165) is 37.9 Å². The molecule has 1 aliphatic heterocycles. The number of ether oxygens (including phenoxy) is 1. The van der Waals surface area contributed by atoms with Gasteiger partial charge in [-0.1, -0.05) is 23.7 Å². The van der Waals surface area contributed by atoms with Gasteiger partial charge in [0.1, 0.15) is 11.6 Å². The lowest BCUT2D eigenvalue weighted by Crippen LogP contribution is -2.51. The third-order valence-corrected chi connectivity index (χ3v) is 4.76. The minimum absolute atomic E-state index is 0.0288. The molecule has 7 heteroatoms. The van der Waals surface area contributed by atoms with Crippen LogP contribution in [0.4, 0.5) is 4.79 Å². The molecule has 2 rings (SSSR count). The maximum Gasteiger partial charge on any atom is 0.408 e. The Morgan fingerprint density at radius 1 is 1.14 bits per heavy atom. The van der Waals surface area contributed by atoms with E-state index in [0.29, 0.717) is 24.5 Å². The molecule has 1 heterocycles. The van der Waals surface area contributed by atoms with Crippen molar-refractivity contribution in [3.05, 3.63) is 34.9 Å². The van der Waals surface area contributed by atoms with Gasteiger partial charge in [0.25, 0.3) is 0 Å². The zero-order valence-corrected chi connectivity index (χ0v) is 17.8. The van der Waals surface area contributed by atoms with Gasteiger partial charge < -0.3 is 20.3 Å². The number of hydrogen-bond acceptors (Lipinski definition) is 4. The Bertz CT molecular complexity index is 637. The van der Waals surface area contributed by atoms with Crippen LogP contribution in [-0.2, 0) is 16.1 Å². The number of hydrogen-bond donors (Lipinski definition) is 2. The van der Waals surface area contributed by atoms with Crippen LogP contribution in [0, 0.1) is 0 Å². The van der Waals surface area contributed by atoms with Crippen molar-refractivity contribution in [3.63, 3.8) is 0 Å². The molecule has 1 aliphatic rings. The number of halogens is 1. The summed E-state index contributed by atoms with van der Waals surface area (Å²) in [6.45, 7) is 8.20. The number of benzene rings is 1. The topological polar surface area (TPSA) is 70.7 Å². The molecule has 1 saturated heterocycles. The Balaban J connectivity index is 1.89. The van der Waals surface area contributed by atoms with Crippen molar-refractivity contribution in [1.29, 1.82) is 0 Å². The smallest absolute Gasteiger partial charge is 0.408 e. The van der Waals surface area contributed by atoms with Gasteiger partial charge >= 0.3 is 6.09 Å². The lowest BCUT2D eigenvalue weighted by Gasteiger charge is -2.31. The SMILES string of the molecule is CC(C)(C)OC(=O)N[C@@H](CCNCc1ccc(Cl)cc1)C(=O)N1CCCCC1. The molecule has 28 heavy (non-hydrogen) atoms. The minimum atomic E-state index is -0.602. The van der Waals surface area contributed by atoms with Gasteiger partial charge in [-0.15, -0.1) is 0 Å². The summed E-state index contributed by atoms with van der Waals surface area (Å²) in [4.78, 5) is 27.0. The molecule has 0 unspecified atom stereocenters. The maximum absolute atomic E-state index is 12.9. The number of likely N-dealkylation sites (tertiary alicyclic amines) is 1. The van der Waals surface area contributed by atoms with Gasteiger partial charge in [-0.25, -0.2) is 4.79 Å². The number of carbonyl (C=O) groups excluding carboxylic acids is 2. The number of piperidine rings is 1. The summed E-state index contributed by atoms with van der Waals surface area (Å²) >= 11 is 5.90. The lowest BCUT2D eigenvalue weighted by molar-refractivity contribution is -0.134. The van der Waals surface area contributed by atoms with Gasteiger partial charge in [-0.2, -0.15) is 0 Å². The molecule has 0 aliphatic carbocycles. The molecule has 0 saturated carbocycles. The fourth-order valence-electron chi connectivity index (χ4n) is 3.12. The van der Waals surface area contributed by atoms with Crippen LogP contribution in [0.2, 0.25) is 5.02 Å². The summed E-state index contributed by atoms with van der Waals surface area (Å²) in [5.41, 5.74) is 0.513. The summed E-state index contributed by atoms with van der Waals surface area (Å²) in [6, 6.07) is 7.04. The first kappa shape index (κ1) is 22.5. The van der Waals surface area contributed by atoms with Gasteiger partial charge in [0, 0.05) is 24.7 Å². The Labute approximate surface area is 172 Å². The minimum Gasteiger partial charge on any atom is -0.444 e. The van der Waals surface area contributed by atoms with Crippen molar-refractivity contribution in [1.82, 2.24) is 15.5 Å². The lowest BCUT2D eigenvalue weighted by atomic mass is 10.1. The van der Waals surface area contributed by atoms with Crippen LogP contribution in [0.25, 0.3) is 0 Å². The van der Waals surface area contributed by atoms with Crippen LogP contribution >= 0.6 is 11.6 Å². The van der Waals surface area contributed by atoms with E-state index < -0.39 is 17.7 Å². The molecule has 1 aromatic rings. The molecule has 0 aromatic heterocycles. The number of nitrogens with zero attached hydrogens (tertiary/aromatic N) is 1. The van der Waals surface area contributed by atoms with E-state index in [2.05, 4.69) is 10.6 Å². The zero-order chi connectivity index (χ0) is 20.6. The van der Waals surface area contributed by atoms with Crippen molar-refractivity contribution in [3.8, 4) is 0 Å². The van der Waals surface area contributed by atoms with E-state index in [1.807, 2.05) is 49.9 Å². The third-order valence-electron chi connectivity index (χ3n) is 4.51. The van der Waals surface area contributed by atoms with Gasteiger partial charge in [-0.05, 0) is 70.7 Å². The number of amides is 2. The summed E-state index contributed by atoms with van der Waals surface area (Å²) in [7, 11) is 0. The highest BCUT2D eigenvalue weighted by molar-refractivity contribution is 6.30. The second-order valence-electron chi connectivity index (χ2n) is 8.18. The van der Waals surface area contributed by atoms with Crippen molar-refractivity contribution in [2.75, 3.05) is 19.6 Å². The normalized spacial score (nSPS) is 15.8. The largest absolute Gasteiger partial charge is 0.444 e. The van der Waals surface area contributed by atoms with Crippen LogP contribution in [0.5, 0.6) is 0 Å². The van der Waals surface area contributed by atoms with Gasteiger partial charge in [0.05, 0.1) is 0 Å². The molecular weight excluding hydrogens is 378 g/mol. The van der Waals surface area contributed by atoms with E-state index in [4.69, 9.17) is 16.3 Å². The highest BCUT2D eigenvalue weighted by Gasteiger charge is 2.28. The maximum atomic E-state index is 12.9. The molecule has 156 valence electrons. The Hall–Kier alpha value is -1.79. The molecule has 2 amide bonds. The molecule has 1 atom stereocenters. The van der Waals surface area contributed by atoms with Gasteiger partial charge in [-0.3, -0.25) is 4.79 Å². The Kier molecular flexibility index (Phi) is 8.58. The summed E-state index contributed by atoms with van der Waals surface area (Å²) in [6.07, 6.45) is 3.12. The second-order valence-corrected chi connectivity index (χ2v) is 8.61. The molecule has 6 nitrogen and oxygen atoms in total. The van der Waals surface area contributed by atoms with Crippen molar-refractivity contribution < 1.29 is 14.3 Å². The summed E-state index contributed by atoms with van der Waals surface area (Å²) in [5.74, 6) is -0.0288. The summed E-state index contributed by atoms with van der Waals surface area (Å²) in [5, 5.41) is 6.80. The van der Waals surface area contributed by atoms with Crippen molar-refractivity contribution in [2.24, 2.45) is 0 Å². The first-order chi connectivity index (χ1) is 13.2. The van der Waals surface area contributed by atoms with Crippen LogP contribution in [0.15, 0.2) is 24.3 Å². The molecule has 1 aromatic carbocycles. The number of nitrogens with one attached hydrogen (secondary N) is 2. The molecule has 2 N–H and O–H groups in total. The van der Waals surface area contributed by atoms with Crippen molar-refractivity contribution >= 4 is 23.6 Å². The quantitative estimate of drug-likeness (QED) is 0.673. The molecular formula is C21H32ClN3O3. The first-order valence-electron chi connectivity index (χ1n) is 9.98. The average molecular weight is 410 g/mol. The highest BCUT2D eigenvalue weighted by atomic mass is 35.5. The fraction of sp³-hybridized carbons (Fsp3) is 0.619. The van der Waals surface area contributed by atoms with Crippen LogP contribution < -0.4 is 10.6 Å². The second kappa shape index (κ2) is 10.7.